The molecule has 18 heavy (non-hydrogen) atoms. The highest BCUT2D eigenvalue weighted by Crippen LogP contribution is 2.22. The third-order valence-corrected chi connectivity index (χ3v) is 3.82. The highest BCUT2D eigenvalue weighted by Gasteiger charge is 2.20. The lowest BCUT2D eigenvalue weighted by atomic mass is 10.1. The van der Waals surface area contributed by atoms with Crippen molar-refractivity contribution in [3.63, 3.8) is 0 Å². The fraction of sp³-hybridized carbons (Fsp3) is 0.600. The van der Waals surface area contributed by atoms with Crippen LogP contribution in [0.25, 0.3) is 0 Å². The zero-order valence-electron chi connectivity index (χ0n) is 11.5. The molecular weight excluding hydrogens is 224 g/mol. The Balaban J connectivity index is 1.86. The number of hydrogen-bond acceptors (Lipinski definition) is 3. The van der Waals surface area contributed by atoms with Gasteiger partial charge in [-0.25, -0.2) is 0 Å². The molecular formula is C15H24N2O. The summed E-state index contributed by atoms with van der Waals surface area (Å²) in [5, 5.41) is 0. The molecule has 1 aromatic carbocycles. The summed E-state index contributed by atoms with van der Waals surface area (Å²) in [7, 11) is 2.20. The molecule has 0 amide bonds. The number of nitrogens with two attached hydrogens (primary N) is 1. The van der Waals surface area contributed by atoms with Crippen LogP contribution < -0.4 is 10.5 Å². The zero-order chi connectivity index (χ0) is 13.0. The molecule has 1 aliphatic heterocycles. The van der Waals surface area contributed by atoms with Crippen molar-refractivity contribution in [1.29, 1.82) is 0 Å². The number of benzene rings is 1. The number of aryl methyl sites for hydroxylation is 1. The molecule has 1 saturated heterocycles. The van der Waals surface area contributed by atoms with Crippen LogP contribution in [0.3, 0.4) is 0 Å². The average molecular weight is 248 g/mol. The van der Waals surface area contributed by atoms with Crippen molar-refractivity contribution in [2.45, 2.75) is 38.8 Å². The third-order valence-electron chi connectivity index (χ3n) is 3.82. The number of hydrogen-bond donors (Lipinski definition) is 1. The summed E-state index contributed by atoms with van der Waals surface area (Å²) in [4.78, 5) is 2.43. The van der Waals surface area contributed by atoms with E-state index in [2.05, 4.69) is 31.0 Å². The molecule has 0 aromatic heterocycles. The van der Waals surface area contributed by atoms with Crippen molar-refractivity contribution in [2.24, 2.45) is 5.73 Å². The Bertz CT molecular complexity index is 392. The molecule has 0 saturated carbocycles. The maximum absolute atomic E-state index is 5.89. The molecule has 2 rings (SSSR count). The Hall–Kier alpha value is -1.06. The van der Waals surface area contributed by atoms with E-state index in [9.17, 15) is 0 Å². The Kier molecular flexibility index (Phi) is 4.61. The molecule has 0 bridgehead atoms. The summed E-state index contributed by atoms with van der Waals surface area (Å²) < 4.78 is 5.89. The summed E-state index contributed by atoms with van der Waals surface area (Å²) in [6.07, 6.45) is 3.73. The Morgan fingerprint density at radius 2 is 2.28 bits per heavy atom. The van der Waals surface area contributed by atoms with Gasteiger partial charge in [-0.15, -0.1) is 0 Å². The molecule has 1 unspecified atom stereocenters. The van der Waals surface area contributed by atoms with E-state index in [1.165, 1.54) is 24.9 Å². The number of nitrogens with zero attached hydrogens (tertiary/aromatic N) is 1. The number of ether oxygens (including phenoxy) is 1. The van der Waals surface area contributed by atoms with Gasteiger partial charge in [0.05, 0.1) is 6.61 Å². The number of rotatable bonds is 5. The van der Waals surface area contributed by atoms with Gasteiger partial charge in [-0.1, -0.05) is 17.7 Å². The van der Waals surface area contributed by atoms with Crippen LogP contribution in [-0.4, -0.2) is 31.1 Å². The fourth-order valence-electron chi connectivity index (χ4n) is 2.66. The second-order valence-electron chi connectivity index (χ2n) is 5.23. The fourth-order valence-corrected chi connectivity index (χ4v) is 2.66. The second kappa shape index (κ2) is 6.21. The molecule has 0 radical (unpaired) electrons. The van der Waals surface area contributed by atoms with Gasteiger partial charge < -0.3 is 15.4 Å². The molecule has 0 spiro atoms. The van der Waals surface area contributed by atoms with Gasteiger partial charge in [0.15, 0.2) is 0 Å². The SMILES string of the molecule is Cc1ccc(OCCC2CCCN2C)c(CN)c1. The first kappa shape index (κ1) is 13.4. The van der Waals surface area contributed by atoms with E-state index in [0.717, 1.165) is 24.3 Å². The smallest absolute Gasteiger partial charge is 0.123 e. The van der Waals surface area contributed by atoms with E-state index < -0.39 is 0 Å². The van der Waals surface area contributed by atoms with Crippen LogP contribution >= 0.6 is 0 Å². The van der Waals surface area contributed by atoms with E-state index >= 15 is 0 Å². The van der Waals surface area contributed by atoms with Crippen molar-refractivity contribution < 1.29 is 4.74 Å². The predicted molar refractivity (Wildman–Crippen MR) is 74.8 cm³/mol. The van der Waals surface area contributed by atoms with E-state index in [1.807, 2.05) is 6.07 Å². The maximum Gasteiger partial charge on any atom is 0.123 e. The normalized spacial score (nSPS) is 20.3. The lowest BCUT2D eigenvalue weighted by molar-refractivity contribution is 0.232. The molecule has 1 aromatic rings. The lowest BCUT2D eigenvalue weighted by Crippen LogP contribution is -2.26. The van der Waals surface area contributed by atoms with Crippen molar-refractivity contribution in [3.8, 4) is 5.75 Å². The standard InChI is InChI=1S/C15H24N2O/c1-12-5-6-15(13(10-12)11-16)18-9-7-14-4-3-8-17(14)2/h5-6,10,14H,3-4,7-9,11,16H2,1-2H3. The molecule has 3 heteroatoms. The monoisotopic (exact) mass is 248 g/mol. The van der Waals surface area contributed by atoms with E-state index in [0.29, 0.717) is 12.6 Å². The van der Waals surface area contributed by atoms with Crippen molar-refractivity contribution in [2.75, 3.05) is 20.2 Å². The quantitative estimate of drug-likeness (QED) is 0.869. The highest BCUT2D eigenvalue weighted by atomic mass is 16.5. The van der Waals surface area contributed by atoms with Gasteiger partial charge in [0.1, 0.15) is 5.75 Å². The lowest BCUT2D eigenvalue weighted by Gasteiger charge is -2.19. The van der Waals surface area contributed by atoms with Gasteiger partial charge in [0, 0.05) is 18.2 Å². The average Bonchev–Trinajstić information content (AvgIpc) is 2.77. The molecule has 0 aliphatic carbocycles. The summed E-state index contributed by atoms with van der Waals surface area (Å²) in [6.45, 7) is 4.63. The largest absolute Gasteiger partial charge is 0.493 e. The Morgan fingerprint density at radius 1 is 1.44 bits per heavy atom. The number of likely N-dealkylation sites (tertiary alicyclic amines) is 1. The van der Waals surface area contributed by atoms with Gasteiger partial charge >= 0.3 is 0 Å². The minimum absolute atomic E-state index is 0.542. The summed E-state index contributed by atoms with van der Waals surface area (Å²) in [5.74, 6) is 0.948. The van der Waals surface area contributed by atoms with Crippen LogP contribution in [-0.2, 0) is 6.54 Å². The van der Waals surface area contributed by atoms with Crippen molar-refractivity contribution in [3.05, 3.63) is 29.3 Å². The Morgan fingerprint density at radius 3 is 2.94 bits per heavy atom. The molecule has 1 fully saturated rings. The van der Waals surface area contributed by atoms with Crippen LogP contribution in [0, 0.1) is 6.92 Å². The molecule has 3 nitrogen and oxygen atoms in total. The zero-order valence-corrected chi connectivity index (χ0v) is 11.5. The van der Waals surface area contributed by atoms with E-state index in [-0.39, 0.29) is 0 Å². The first-order valence-corrected chi connectivity index (χ1v) is 6.83. The van der Waals surface area contributed by atoms with Crippen LogP contribution in [0.4, 0.5) is 0 Å². The second-order valence-corrected chi connectivity index (χ2v) is 5.23. The maximum atomic E-state index is 5.89. The van der Waals surface area contributed by atoms with Gasteiger partial charge in [-0.05, 0) is 45.8 Å². The highest BCUT2D eigenvalue weighted by molar-refractivity contribution is 5.36. The first-order chi connectivity index (χ1) is 8.70. The van der Waals surface area contributed by atoms with Crippen LogP contribution in [0.15, 0.2) is 18.2 Å². The molecule has 100 valence electrons. The molecule has 1 aliphatic rings. The van der Waals surface area contributed by atoms with Gasteiger partial charge in [0.2, 0.25) is 0 Å². The summed E-state index contributed by atoms with van der Waals surface area (Å²) >= 11 is 0. The third kappa shape index (κ3) is 3.24. The van der Waals surface area contributed by atoms with Crippen molar-refractivity contribution >= 4 is 0 Å². The molecule has 1 heterocycles. The minimum Gasteiger partial charge on any atom is -0.493 e. The van der Waals surface area contributed by atoms with Crippen LogP contribution in [0.2, 0.25) is 0 Å². The predicted octanol–water partition coefficient (Wildman–Crippen LogP) is 2.32. The van der Waals surface area contributed by atoms with E-state index in [4.69, 9.17) is 10.5 Å². The summed E-state index contributed by atoms with van der Waals surface area (Å²) in [6, 6.07) is 6.92. The van der Waals surface area contributed by atoms with Crippen molar-refractivity contribution in [1.82, 2.24) is 4.90 Å². The van der Waals surface area contributed by atoms with Gasteiger partial charge in [-0.2, -0.15) is 0 Å². The topological polar surface area (TPSA) is 38.5 Å². The van der Waals surface area contributed by atoms with Gasteiger partial charge in [0.25, 0.3) is 0 Å². The first-order valence-electron chi connectivity index (χ1n) is 6.83. The molecule has 1 atom stereocenters. The van der Waals surface area contributed by atoms with Crippen LogP contribution in [0.1, 0.15) is 30.4 Å². The summed E-state index contributed by atoms with van der Waals surface area (Å²) in [5.41, 5.74) is 8.09. The minimum atomic E-state index is 0.542. The van der Waals surface area contributed by atoms with Crippen LogP contribution in [0.5, 0.6) is 5.75 Å². The van der Waals surface area contributed by atoms with E-state index in [1.54, 1.807) is 0 Å². The molecule has 2 N–H and O–H groups in total. The Labute approximate surface area is 110 Å². The van der Waals surface area contributed by atoms with Gasteiger partial charge in [-0.3, -0.25) is 0 Å².